The van der Waals surface area contributed by atoms with Crippen LogP contribution in [-0.4, -0.2) is 30.1 Å². The number of aromatic nitrogens is 1. The monoisotopic (exact) mass is 432 g/mol. The number of carbonyl (C=O) groups is 2. The highest BCUT2D eigenvalue weighted by molar-refractivity contribution is 9.10. The maximum Gasteiger partial charge on any atom is 0.344 e. The minimum absolute atomic E-state index is 0.146. The highest BCUT2D eigenvalue weighted by Gasteiger charge is 2.11. The average Bonchev–Trinajstić information content (AvgIpc) is 2.54. The first-order chi connectivity index (χ1) is 11.5. The number of pyridine rings is 1. The molecular weight excluding hydrogens is 423 g/mol. The summed E-state index contributed by atoms with van der Waals surface area (Å²) in [7, 11) is 0. The molecule has 0 saturated heterocycles. The lowest BCUT2D eigenvalue weighted by Gasteiger charge is -2.09. The van der Waals surface area contributed by atoms with E-state index in [1.807, 2.05) is 0 Å². The fraction of sp³-hybridized carbons (Fsp3) is 0.133. The summed E-state index contributed by atoms with van der Waals surface area (Å²) >= 11 is 14.9. The van der Waals surface area contributed by atoms with Crippen LogP contribution in [0.15, 0.2) is 41.0 Å². The summed E-state index contributed by atoms with van der Waals surface area (Å²) in [6.45, 7) is -0.809. The number of nitrogens with one attached hydrogen (secondary N) is 1. The Morgan fingerprint density at radius 3 is 2.71 bits per heavy atom. The van der Waals surface area contributed by atoms with Crippen LogP contribution < -0.4 is 10.1 Å². The van der Waals surface area contributed by atoms with Gasteiger partial charge >= 0.3 is 5.97 Å². The summed E-state index contributed by atoms with van der Waals surface area (Å²) in [6.07, 6.45) is 1.49. The molecule has 2 aromatic rings. The fourth-order valence-corrected chi connectivity index (χ4v) is 2.55. The first-order valence-corrected chi connectivity index (χ1v) is 8.14. The van der Waals surface area contributed by atoms with E-state index in [0.29, 0.717) is 20.9 Å². The number of nitrogens with zero attached hydrogens (tertiary/aromatic N) is 1. The van der Waals surface area contributed by atoms with Crippen molar-refractivity contribution in [3.8, 4) is 5.75 Å². The number of hydrogen-bond donors (Lipinski definition) is 1. The Bertz CT molecular complexity index is 758. The summed E-state index contributed by atoms with van der Waals surface area (Å²) in [6, 6.07) is 8.06. The number of anilines is 1. The molecule has 6 nitrogen and oxygen atoms in total. The van der Waals surface area contributed by atoms with Gasteiger partial charge in [0.2, 0.25) is 0 Å². The second kappa shape index (κ2) is 8.86. The lowest BCUT2D eigenvalue weighted by Crippen LogP contribution is -2.23. The molecule has 0 fully saturated rings. The van der Waals surface area contributed by atoms with E-state index in [1.54, 1.807) is 30.3 Å². The van der Waals surface area contributed by atoms with Gasteiger partial charge in [-0.25, -0.2) is 9.78 Å². The maximum atomic E-state index is 11.7. The molecule has 0 aliphatic rings. The van der Waals surface area contributed by atoms with E-state index in [1.165, 1.54) is 6.20 Å². The Morgan fingerprint density at radius 2 is 2.00 bits per heavy atom. The van der Waals surface area contributed by atoms with Crippen LogP contribution in [0.1, 0.15) is 0 Å². The Kier molecular flexibility index (Phi) is 6.84. The normalized spacial score (nSPS) is 10.1. The molecule has 0 radical (unpaired) electrons. The van der Waals surface area contributed by atoms with Crippen molar-refractivity contribution in [2.75, 3.05) is 18.5 Å². The summed E-state index contributed by atoms with van der Waals surface area (Å²) < 4.78 is 10.7. The predicted octanol–water partition coefficient (Wildman–Crippen LogP) is 3.71. The first kappa shape index (κ1) is 18.5. The molecular formula is C15H11BrCl2N2O4. The van der Waals surface area contributed by atoms with Gasteiger partial charge in [-0.3, -0.25) is 4.79 Å². The molecule has 1 aromatic carbocycles. The van der Waals surface area contributed by atoms with Gasteiger partial charge in [-0.05, 0) is 46.3 Å². The molecule has 1 N–H and O–H groups in total. The van der Waals surface area contributed by atoms with Gasteiger partial charge < -0.3 is 14.8 Å². The van der Waals surface area contributed by atoms with Crippen molar-refractivity contribution in [3.63, 3.8) is 0 Å². The van der Waals surface area contributed by atoms with Crippen molar-refractivity contribution in [1.82, 2.24) is 4.98 Å². The van der Waals surface area contributed by atoms with E-state index in [2.05, 4.69) is 26.2 Å². The number of rotatable bonds is 6. The third-order valence-corrected chi connectivity index (χ3v) is 3.79. The number of amides is 1. The Morgan fingerprint density at radius 1 is 1.21 bits per heavy atom. The van der Waals surface area contributed by atoms with Gasteiger partial charge in [-0.15, -0.1) is 0 Å². The largest absolute Gasteiger partial charge is 0.481 e. The zero-order chi connectivity index (χ0) is 17.5. The molecule has 9 heteroatoms. The summed E-state index contributed by atoms with van der Waals surface area (Å²) in [4.78, 5) is 27.1. The lowest BCUT2D eigenvalue weighted by molar-refractivity contribution is -0.149. The zero-order valence-electron chi connectivity index (χ0n) is 12.1. The highest BCUT2D eigenvalue weighted by Crippen LogP contribution is 2.27. The van der Waals surface area contributed by atoms with Crippen molar-refractivity contribution in [2.24, 2.45) is 0 Å². The van der Waals surface area contributed by atoms with Crippen molar-refractivity contribution < 1.29 is 19.1 Å². The molecule has 1 heterocycles. The summed E-state index contributed by atoms with van der Waals surface area (Å²) in [5.74, 6) is -0.793. The van der Waals surface area contributed by atoms with Gasteiger partial charge in [0.25, 0.3) is 5.91 Å². The first-order valence-electron chi connectivity index (χ1n) is 6.59. The minimum atomic E-state index is -0.690. The molecule has 0 aliphatic heterocycles. The maximum absolute atomic E-state index is 11.7. The van der Waals surface area contributed by atoms with E-state index < -0.39 is 18.5 Å². The molecule has 0 saturated carbocycles. The van der Waals surface area contributed by atoms with Crippen LogP contribution in [0.4, 0.5) is 5.69 Å². The van der Waals surface area contributed by atoms with E-state index in [4.69, 9.17) is 32.7 Å². The van der Waals surface area contributed by atoms with Crippen LogP contribution in [0.3, 0.4) is 0 Å². The van der Waals surface area contributed by atoms with Crippen molar-refractivity contribution in [1.29, 1.82) is 0 Å². The molecule has 1 aromatic heterocycles. The average molecular weight is 434 g/mol. The quantitative estimate of drug-likeness (QED) is 0.555. The van der Waals surface area contributed by atoms with Gasteiger partial charge in [0, 0.05) is 11.2 Å². The van der Waals surface area contributed by atoms with Crippen LogP contribution in [0.5, 0.6) is 5.75 Å². The molecule has 0 unspecified atom stereocenters. The highest BCUT2D eigenvalue weighted by atomic mass is 79.9. The van der Waals surface area contributed by atoms with Crippen molar-refractivity contribution >= 4 is 56.7 Å². The topological polar surface area (TPSA) is 77.5 Å². The van der Waals surface area contributed by atoms with Crippen molar-refractivity contribution in [2.45, 2.75) is 0 Å². The number of benzene rings is 1. The fourth-order valence-electron chi connectivity index (χ4n) is 1.58. The zero-order valence-corrected chi connectivity index (χ0v) is 15.2. The van der Waals surface area contributed by atoms with E-state index >= 15 is 0 Å². The smallest absolute Gasteiger partial charge is 0.344 e. The second-order valence-corrected chi connectivity index (χ2v) is 6.06. The van der Waals surface area contributed by atoms with Crippen LogP contribution in [0, 0.1) is 0 Å². The van der Waals surface area contributed by atoms with Gasteiger partial charge in [0.1, 0.15) is 5.75 Å². The minimum Gasteiger partial charge on any atom is -0.481 e. The number of carbonyl (C=O) groups excluding carboxylic acids is 2. The Hall–Kier alpha value is -1.83. The van der Waals surface area contributed by atoms with E-state index in [9.17, 15) is 9.59 Å². The van der Waals surface area contributed by atoms with Gasteiger partial charge in [-0.2, -0.15) is 0 Å². The number of ether oxygens (including phenoxy) is 2. The van der Waals surface area contributed by atoms with Crippen LogP contribution in [-0.2, 0) is 14.3 Å². The lowest BCUT2D eigenvalue weighted by atomic mass is 10.3. The third kappa shape index (κ3) is 5.67. The second-order valence-electron chi connectivity index (χ2n) is 4.41. The SMILES string of the molecule is O=C(COC(=O)COc1ccc(Cl)cc1Br)Nc1cccnc1Cl. The predicted molar refractivity (Wildman–Crippen MR) is 93.5 cm³/mol. The Labute approximate surface area is 156 Å². The number of hydrogen-bond acceptors (Lipinski definition) is 5. The number of esters is 1. The van der Waals surface area contributed by atoms with Crippen LogP contribution >= 0.6 is 39.1 Å². The van der Waals surface area contributed by atoms with Gasteiger partial charge in [0.05, 0.1) is 10.2 Å². The molecule has 0 aliphatic carbocycles. The van der Waals surface area contributed by atoms with Crippen LogP contribution in [0.25, 0.3) is 0 Å². The standard InChI is InChI=1S/C15H11BrCl2N2O4/c16-10-6-9(17)3-4-12(10)23-8-14(22)24-7-13(21)20-11-2-1-5-19-15(11)18/h1-6H,7-8H2,(H,20,21). The molecule has 0 spiro atoms. The molecule has 0 bridgehead atoms. The molecule has 0 atom stereocenters. The molecule has 126 valence electrons. The summed E-state index contributed by atoms with van der Waals surface area (Å²) in [5, 5.41) is 3.16. The Balaban J connectivity index is 1.76. The van der Waals surface area contributed by atoms with E-state index in [-0.39, 0.29) is 11.8 Å². The summed E-state index contributed by atoms with van der Waals surface area (Å²) in [5.41, 5.74) is 0.335. The molecule has 24 heavy (non-hydrogen) atoms. The molecule has 2 rings (SSSR count). The molecule has 1 amide bonds. The number of halogens is 3. The van der Waals surface area contributed by atoms with E-state index in [0.717, 1.165) is 0 Å². The van der Waals surface area contributed by atoms with Crippen molar-refractivity contribution in [3.05, 3.63) is 51.2 Å². The van der Waals surface area contributed by atoms with Gasteiger partial charge in [-0.1, -0.05) is 23.2 Å². The van der Waals surface area contributed by atoms with Crippen LogP contribution in [0.2, 0.25) is 10.2 Å². The van der Waals surface area contributed by atoms with Gasteiger partial charge in [0.15, 0.2) is 18.4 Å². The third-order valence-electron chi connectivity index (χ3n) is 2.64.